The van der Waals surface area contributed by atoms with E-state index in [4.69, 9.17) is 34.2 Å². The molecule has 0 spiro atoms. The molecule has 0 aliphatic carbocycles. The third kappa shape index (κ3) is 4.31. The van der Waals surface area contributed by atoms with E-state index in [-0.39, 0.29) is 22.3 Å². The number of hydrogen-bond acceptors (Lipinski definition) is 4. The van der Waals surface area contributed by atoms with E-state index >= 15 is 0 Å². The molecule has 134 valence electrons. The normalized spacial score (nSPS) is 12.3. The van der Waals surface area contributed by atoms with Crippen molar-refractivity contribution in [1.29, 1.82) is 5.26 Å². The molecule has 0 bridgehead atoms. The number of nitriles is 1. The average molecular weight is 482 g/mol. The second-order valence-electron chi connectivity index (χ2n) is 4.42. The quantitative estimate of drug-likeness (QED) is 0.347. The molecule has 0 amide bonds. The number of nitrogens with two attached hydrogens (primary N) is 1. The highest BCUT2D eigenvalue weighted by Gasteiger charge is 2.34. The average Bonchev–Trinajstić information content (AvgIpc) is 2.73. The molecule has 0 aliphatic rings. The molecule has 0 radical (unpaired) electrons. The van der Waals surface area contributed by atoms with Crippen molar-refractivity contribution in [2.24, 2.45) is 0 Å². The molecule has 1 aromatic heterocycles. The molecule has 0 saturated heterocycles. The Balaban J connectivity index is 2.66. The van der Waals surface area contributed by atoms with E-state index < -0.39 is 37.5 Å². The minimum Gasteiger partial charge on any atom is -0.383 e. The first-order valence-corrected chi connectivity index (χ1v) is 8.32. The number of alkyl halides is 6. The zero-order valence-electron chi connectivity index (χ0n) is 11.5. The van der Waals surface area contributed by atoms with E-state index in [0.29, 0.717) is 12.1 Å². The molecule has 0 aliphatic heterocycles. The van der Waals surface area contributed by atoms with Gasteiger partial charge in [-0.3, -0.25) is 0 Å². The van der Waals surface area contributed by atoms with Crippen LogP contribution in [-0.4, -0.2) is 13.9 Å². The lowest BCUT2D eigenvalue weighted by Crippen LogP contribution is -2.08. The van der Waals surface area contributed by atoms with Crippen LogP contribution in [0, 0.1) is 11.3 Å². The smallest absolute Gasteiger partial charge is 0.383 e. The van der Waals surface area contributed by atoms with Crippen molar-refractivity contribution < 1.29 is 22.0 Å². The summed E-state index contributed by atoms with van der Waals surface area (Å²) in [5, 5.41) is 11.8. The zero-order chi connectivity index (χ0) is 19.2. The van der Waals surface area contributed by atoms with Crippen molar-refractivity contribution in [3.05, 3.63) is 33.4 Å². The second-order valence-corrected chi connectivity index (χ2v) is 7.88. The largest absolute Gasteiger partial charge is 0.416 e. The van der Waals surface area contributed by atoms with E-state index in [1.807, 2.05) is 0 Å². The van der Waals surface area contributed by atoms with Gasteiger partial charge in [-0.25, -0.2) is 4.68 Å². The van der Waals surface area contributed by atoms with Crippen LogP contribution < -0.4 is 5.73 Å². The number of nitrogens with zero attached hydrogens (tertiary/aromatic N) is 3. The van der Waals surface area contributed by atoms with Gasteiger partial charge in [-0.2, -0.15) is 32.3 Å². The Hall–Kier alpha value is -1.22. The third-order valence-electron chi connectivity index (χ3n) is 2.76. The Morgan fingerprint density at radius 3 is 2.12 bits per heavy atom. The van der Waals surface area contributed by atoms with Gasteiger partial charge in [0, 0.05) is 15.9 Å². The summed E-state index contributed by atoms with van der Waals surface area (Å²) in [5.41, 5.74) is 3.87. The molecule has 1 aromatic carbocycles. The van der Waals surface area contributed by atoms with Gasteiger partial charge in [0.05, 0.1) is 20.5 Å². The fourth-order valence-electron chi connectivity index (χ4n) is 1.81. The minimum absolute atomic E-state index is 0.100. The molecule has 25 heavy (non-hydrogen) atoms. The lowest BCUT2D eigenvalue weighted by atomic mass is 10.2. The number of thioether (sulfide) groups is 1. The van der Waals surface area contributed by atoms with Gasteiger partial charge in [0.1, 0.15) is 17.6 Å². The summed E-state index contributed by atoms with van der Waals surface area (Å²) in [5.74, 6) is -0.427. The molecular weight excluding hydrogens is 478 g/mol. The minimum atomic E-state index is -4.70. The van der Waals surface area contributed by atoms with Crippen molar-refractivity contribution in [3.8, 4) is 11.8 Å². The lowest BCUT2D eigenvalue weighted by molar-refractivity contribution is -0.137. The van der Waals surface area contributed by atoms with Crippen molar-refractivity contribution >= 4 is 56.7 Å². The van der Waals surface area contributed by atoms with Crippen LogP contribution in [0.25, 0.3) is 5.69 Å². The molecule has 0 saturated carbocycles. The fourth-order valence-corrected chi connectivity index (χ4v) is 3.55. The van der Waals surface area contributed by atoms with Gasteiger partial charge in [-0.1, -0.05) is 23.2 Å². The molecule has 4 nitrogen and oxygen atoms in total. The summed E-state index contributed by atoms with van der Waals surface area (Å²) in [7, 11) is 0. The van der Waals surface area contributed by atoms with Crippen molar-refractivity contribution in [2.75, 3.05) is 5.73 Å². The van der Waals surface area contributed by atoms with Gasteiger partial charge >= 0.3 is 10.3 Å². The van der Waals surface area contributed by atoms with Crippen LogP contribution in [-0.2, 0) is 6.18 Å². The molecule has 13 heteroatoms. The number of nitrogen functional groups attached to an aromatic ring is 1. The number of halogens is 8. The SMILES string of the molecule is N#Cc1nn(-c2c(Cl)cc(C(F)(F)F)cc2Cl)c(N)c1SC(F)(F)Br. The Kier molecular flexibility index (Phi) is 5.49. The van der Waals surface area contributed by atoms with Gasteiger partial charge in [0.2, 0.25) is 0 Å². The maximum atomic E-state index is 13.2. The summed E-state index contributed by atoms with van der Waals surface area (Å²) in [6.07, 6.45) is -4.70. The van der Waals surface area contributed by atoms with Crippen molar-refractivity contribution in [2.45, 2.75) is 15.2 Å². The van der Waals surface area contributed by atoms with E-state index in [0.717, 1.165) is 4.68 Å². The van der Waals surface area contributed by atoms with Gasteiger partial charge < -0.3 is 5.73 Å². The summed E-state index contributed by atoms with van der Waals surface area (Å²) in [4.78, 5) is -0.378. The standard InChI is InChI=1S/C12H4BrCl2F5N4S/c13-12(19,20)25-9-7(3-21)23-24(10(9)22)8-5(14)1-4(2-6(8)15)11(16,17)18/h1-2H,22H2. The summed E-state index contributed by atoms with van der Waals surface area (Å²) in [6, 6.07) is 2.74. The van der Waals surface area contributed by atoms with Crippen LogP contribution in [0.15, 0.2) is 17.0 Å². The van der Waals surface area contributed by atoms with E-state index in [1.54, 1.807) is 6.07 Å². The monoisotopic (exact) mass is 480 g/mol. The van der Waals surface area contributed by atoms with Crippen LogP contribution in [0.5, 0.6) is 0 Å². The highest BCUT2D eigenvalue weighted by atomic mass is 79.9. The number of benzene rings is 1. The molecule has 2 aromatic rings. The topological polar surface area (TPSA) is 67.6 Å². The van der Waals surface area contributed by atoms with Gasteiger partial charge in [-0.05, 0) is 23.9 Å². The maximum absolute atomic E-state index is 13.2. The molecular formula is C12H4BrCl2F5N4S. The first kappa shape index (κ1) is 20.1. The number of hydrogen-bond donors (Lipinski definition) is 1. The number of anilines is 1. The van der Waals surface area contributed by atoms with Crippen LogP contribution in [0.3, 0.4) is 0 Å². The highest BCUT2D eigenvalue weighted by molar-refractivity contribution is 9.11. The van der Waals surface area contributed by atoms with Crippen molar-refractivity contribution in [1.82, 2.24) is 9.78 Å². The first-order chi connectivity index (χ1) is 11.3. The molecule has 2 N–H and O–H groups in total. The number of rotatable bonds is 3. The Bertz CT molecular complexity index is 849. The van der Waals surface area contributed by atoms with Gasteiger partial charge in [-0.15, -0.1) is 0 Å². The lowest BCUT2D eigenvalue weighted by Gasteiger charge is -2.13. The number of aromatic nitrogens is 2. The third-order valence-corrected chi connectivity index (χ3v) is 4.66. The summed E-state index contributed by atoms with van der Waals surface area (Å²) in [6.45, 7) is 0. The summed E-state index contributed by atoms with van der Waals surface area (Å²) >= 11 is 13.7. The Labute approximate surface area is 159 Å². The highest BCUT2D eigenvalue weighted by Crippen LogP contribution is 2.46. The van der Waals surface area contributed by atoms with Crippen molar-refractivity contribution in [3.63, 3.8) is 0 Å². The van der Waals surface area contributed by atoms with Crippen LogP contribution >= 0.6 is 50.9 Å². The van der Waals surface area contributed by atoms with Crippen LogP contribution in [0.2, 0.25) is 10.0 Å². The van der Waals surface area contributed by atoms with E-state index in [1.165, 1.54) is 0 Å². The molecule has 1 heterocycles. The molecule has 0 fully saturated rings. The van der Waals surface area contributed by atoms with Gasteiger partial charge in [0.15, 0.2) is 5.69 Å². The molecule has 0 unspecified atom stereocenters. The predicted molar refractivity (Wildman–Crippen MR) is 87.4 cm³/mol. The Morgan fingerprint density at radius 2 is 1.72 bits per heavy atom. The van der Waals surface area contributed by atoms with E-state index in [9.17, 15) is 22.0 Å². The van der Waals surface area contributed by atoms with Gasteiger partial charge in [0.25, 0.3) is 0 Å². The molecule has 0 atom stereocenters. The van der Waals surface area contributed by atoms with Crippen LogP contribution in [0.4, 0.5) is 27.8 Å². The molecule has 2 rings (SSSR count). The summed E-state index contributed by atoms with van der Waals surface area (Å²) < 4.78 is 61.9. The van der Waals surface area contributed by atoms with Crippen LogP contribution in [0.1, 0.15) is 11.3 Å². The Morgan fingerprint density at radius 1 is 1.20 bits per heavy atom. The maximum Gasteiger partial charge on any atom is 0.416 e. The second kappa shape index (κ2) is 6.83. The zero-order valence-corrected chi connectivity index (χ0v) is 15.4. The first-order valence-electron chi connectivity index (χ1n) is 5.96. The fraction of sp³-hybridized carbons (Fsp3) is 0.167. The van der Waals surface area contributed by atoms with E-state index in [2.05, 4.69) is 21.0 Å². The predicted octanol–water partition coefficient (Wildman–Crippen LogP) is 5.69.